The van der Waals surface area contributed by atoms with E-state index in [1.54, 1.807) is 39.0 Å². The number of carbonyl (C=O) groups excluding carboxylic acids is 1. The molecule has 7 heteroatoms. The summed E-state index contributed by atoms with van der Waals surface area (Å²) >= 11 is 0. The predicted octanol–water partition coefficient (Wildman–Crippen LogP) is 5.25. The largest absolute Gasteiger partial charge is 0.460 e. The van der Waals surface area contributed by atoms with Crippen LogP contribution in [-0.4, -0.2) is 52.6 Å². The van der Waals surface area contributed by atoms with Gasteiger partial charge in [-0.05, 0) is 62.8 Å². The lowest BCUT2D eigenvalue weighted by atomic mass is 9.87. The molecule has 1 aromatic carbocycles. The standard InChI is InChI=1S/C29H39FN2O4/c1-18(2)27-23(14-13-21(33)16-22(34)17-25(35)36-29(3,4)5)26(19-9-11-20(30)12-10-19)24-8-7-15-32(6)28(24)31-27/h9-14,18,21-22,33-34H,7-8,15-17H2,1-6H3/b14-13+/t21-,22-/m1/s1. The Hall–Kier alpha value is -2.77. The van der Waals surface area contributed by atoms with E-state index in [0.717, 1.165) is 53.2 Å². The van der Waals surface area contributed by atoms with Gasteiger partial charge in [-0.1, -0.05) is 38.1 Å². The number of aliphatic hydroxyl groups excluding tert-OH is 2. The zero-order valence-corrected chi connectivity index (χ0v) is 22.2. The third kappa shape index (κ3) is 7.14. The van der Waals surface area contributed by atoms with Crippen LogP contribution in [0.15, 0.2) is 30.3 Å². The molecular weight excluding hydrogens is 459 g/mol. The van der Waals surface area contributed by atoms with E-state index in [0.29, 0.717) is 0 Å². The molecule has 2 aromatic rings. The number of anilines is 1. The Labute approximate surface area is 213 Å². The monoisotopic (exact) mass is 498 g/mol. The first-order valence-electron chi connectivity index (χ1n) is 12.7. The molecule has 0 aliphatic carbocycles. The molecule has 196 valence electrons. The Balaban J connectivity index is 1.95. The van der Waals surface area contributed by atoms with E-state index in [9.17, 15) is 19.4 Å². The highest BCUT2D eigenvalue weighted by Gasteiger charge is 2.26. The van der Waals surface area contributed by atoms with Gasteiger partial charge < -0.3 is 19.8 Å². The fourth-order valence-electron chi connectivity index (χ4n) is 4.57. The van der Waals surface area contributed by atoms with E-state index < -0.39 is 23.8 Å². The molecule has 0 amide bonds. The number of halogens is 1. The number of pyridine rings is 1. The Morgan fingerprint density at radius 3 is 2.50 bits per heavy atom. The Morgan fingerprint density at radius 1 is 1.22 bits per heavy atom. The smallest absolute Gasteiger partial charge is 0.308 e. The minimum atomic E-state index is -1.03. The van der Waals surface area contributed by atoms with Gasteiger partial charge in [-0.3, -0.25) is 4.79 Å². The number of ether oxygens (including phenoxy) is 1. The summed E-state index contributed by atoms with van der Waals surface area (Å²) in [4.78, 5) is 19.2. The minimum Gasteiger partial charge on any atom is -0.460 e. The van der Waals surface area contributed by atoms with E-state index in [4.69, 9.17) is 9.72 Å². The summed E-state index contributed by atoms with van der Waals surface area (Å²) in [6.07, 6.45) is 3.14. The van der Waals surface area contributed by atoms with Crippen molar-refractivity contribution >= 4 is 17.9 Å². The molecule has 0 spiro atoms. The SMILES string of the molecule is CC(C)c1nc2c(c(-c3ccc(F)cc3)c1/C=C/[C@@H](O)C[C@@H](O)CC(=O)OC(C)(C)C)CCCN2C. The van der Waals surface area contributed by atoms with Crippen molar-refractivity contribution in [3.63, 3.8) is 0 Å². The first-order chi connectivity index (χ1) is 16.9. The maximum atomic E-state index is 13.7. The van der Waals surface area contributed by atoms with Gasteiger partial charge in [0.05, 0.1) is 24.3 Å². The molecule has 1 aliphatic heterocycles. The van der Waals surface area contributed by atoms with Gasteiger partial charge in [0, 0.05) is 31.1 Å². The summed E-state index contributed by atoms with van der Waals surface area (Å²) in [7, 11) is 2.04. The Morgan fingerprint density at radius 2 is 1.89 bits per heavy atom. The van der Waals surface area contributed by atoms with Gasteiger partial charge in [0.2, 0.25) is 0 Å². The van der Waals surface area contributed by atoms with E-state index >= 15 is 0 Å². The number of rotatable bonds is 8. The number of benzene rings is 1. The van der Waals surface area contributed by atoms with Crippen LogP contribution in [0.25, 0.3) is 17.2 Å². The lowest BCUT2D eigenvalue weighted by molar-refractivity contribution is -0.157. The van der Waals surface area contributed by atoms with Crippen LogP contribution < -0.4 is 4.90 Å². The normalized spacial score (nSPS) is 15.8. The molecular formula is C29H39FN2O4. The molecule has 0 bridgehead atoms. The number of hydrogen-bond acceptors (Lipinski definition) is 6. The lowest BCUT2D eigenvalue weighted by Gasteiger charge is -2.31. The molecule has 1 aromatic heterocycles. The van der Waals surface area contributed by atoms with Gasteiger partial charge in [-0.25, -0.2) is 9.37 Å². The second-order valence-corrected chi connectivity index (χ2v) is 10.9. The molecule has 1 aliphatic rings. The topological polar surface area (TPSA) is 82.9 Å². The van der Waals surface area contributed by atoms with E-state index in [1.165, 1.54) is 12.1 Å². The third-order valence-corrected chi connectivity index (χ3v) is 6.13. The van der Waals surface area contributed by atoms with Gasteiger partial charge in [0.25, 0.3) is 0 Å². The van der Waals surface area contributed by atoms with Crippen LogP contribution in [0, 0.1) is 5.82 Å². The quantitative estimate of drug-likeness (QED) is 0.484. The van der Waals surface area contributed by atoms with Crippen LogP contribution >= 0.6 is 0 Å². The van der Waals surface area contributed by atoms with Gasteiger partial charge in [0.15, 0.2) is 0 Å². The van der Waals surface area contributed by atoms with Crippen LogP contribution in [0.1, 0.15) is 76.6 Å². The zero-order valence-electron chi connectivity index (χ0n) is 22.2. The van der Waals surface area contributed by atoms with Crippen LogP contribution in [0.3, 0.4) is 0 Å². The number of nitrogens with zero attached hydrogens (tertiary/aromatic N) is 2. The highest BCUT2D eigenvalue weighted by Crippen LogP contribution is 2.40. The van der Waals surface area contributed by atoms with Crippen molar-refractivity contribution < 1.29 is 24.1 Å². The molecule has 3 rings (SSSR count). The number of aliphatic hydroxyl groups is 2. The molecule has 0 fully saturated rings. The van der Waals surface area contributed by atoms with E-state index in [-0.39, 0.29) is 24.6 Å². The molecule has 2 N–H and O–H groups in total. The zero-order chi connectivity index (χ0) is 26.6. The van der Waals surface area contributed by atoms with Crippen molar-refractivity contribution in [2.45, 2.75) is 84.0 Å². The van der Waals surface area contributed by atoms with Crippen LogP contribution in [0.5, 0.6) is 0 Å². The summed E-state index contributed by atoms with van der Waals surface area (Å²) in [5.41, 5.74) is 4.14. The Kier molecular flexibility index (Phi) is 8.90. The van der Waals surface area contributed by atoms with E-state index in [1.807, 2.05) is 13.1 Å². The van der Waals surface area contributed by atoms with Gasteiger partial charge >= 0.3 is 5.97 Å². The van der Waals surface area contributed by atoms with Crippen molar-refractivity contribution in [2.24, 2.45) is 0 Å². The molecule has 0 radical (unpaired) electrons. The molecule has 36 heavy (non-hydrogen) atoms. The Bertz CT molecular complexity index is 1090. The maximum Gasteiger partial charge on any atom is 0.308 e. The fourth-order valence-corrected chi connectivity index (χ4v) is 4.57. The highest BCUT2D eigenvalue weighted by atomic mass is 19.1. The average Bonchev–Trinajstić information content (AvgIpc) is 2.76. The van der Waals surface area contributed by atoms with Gasteiger partial charge in [0.1, 0.15) is 17.2 Å². The van der Waals surface area contributed by atoms with Gasteiger partial charge in [-0.15, -0.1) is 0 Å². The van der Waals surface area contributed by atoms with Crippen molar-refractivity contribution in [3.8, 4) is 11.1 Å². The first kappa shape index (κ1) is 27.8. The third-order valence-electron chi connectivity index (χ3n) is 6.13. The molecule has 6 nitrogen and oxygen atoms in total. The van der Waals surface area contributed by atoms with Crippen molar-refractivity contribution in [2.75, 3.05) is 18.5 Å². The van der Waals surface area contributed by atoms with Crippen molar-refractivity contribution in [1.29, 1.82) is 0 Å². The maximum absolute atomic E-state index is 13.7. The van der Waals surface area contributed by atoms with Crippen molar-refractivity contribution in [3.05, 3.63) is 53.0 Å². The number of carbonyl (C=O) groups is 1. The fraction of sp³-hybridized carbons (Fsp3) is 0.517. The van der Waals surface area contributed by atoms with Crippen LogP contribution in [0.2, 0.25) is 0 Å². The molecule has 0 saturated carbocycles. The molecule has 2 atom stereocenters. The number of fused-ring (bicyclic) bond motifs is 1. The summed E-state index contributed by atoms with van der Waals surface area (Å²) in [5, 5.41) is 21.0. The number of hydrogen-bond donors (Lipinski definition) is 2. The summed E-state index contributed by atoms with van der Waals surface area (Å²) in [5.74, 6) is 0.248. The second kappa shape index (κ2) is 11.5. The van der Waals surface area contributed by atoms with Crippen molar-refractivity contribution in [1.82, 2.24) is 4.98 Å². The van der Waals surface area contributed by atoms with E-state index in [2.05, 4.69) is 18.7 Å². The number of esters is 1. The van der Waals surface area contributed by atoms with Crippen LogP contribution in [0.4, 0.5) is 10.2 Å². The predicted molar refractivity (Wildman–Crippen MR) is 141 cm³/mol. The molecule has 2 heterocycles. The first-order valence-corrected chi connectivity index (χ1v) is 12.7. The average molecular weight is 499 g/mol. The minimum absolute atomic E-state index is 0.000255. The molecule has 0 saturated heterocycles. The lowest BCUT2D eigenvalue weighted by Crippen LogP contribution is -2.28. The van der Waals surface area contributed by atoms with Gasteiger partial charge in [-0.2, -0.15) is 0 Å². The van der Waals surface area contributed by atoms with Crippen LogP contribution in [-0.2, 0) is 16.0 Å². The molecule has 0 unspecified atom stereocenters. The summed E-state index contributed by atoms with van der Waals surface area (Å²) < 4.78 is 19.0. The summed E-state index contributed by atoms with van der Waals surface area (Å²) in [6, 6.07) is 6.47. The summed E-state index contributed by atoms with van der Waals surface area (Å²) in [6.45, 7) is 10.4. The highest BCUT2D eigenvalue weighted by molar-refractivity contribution is 5.83. The second-order valence-electron chi connectivity index (χ2n) is 10.9. The number of aromatic nitrogens is 1.